The minimum atomic E-state index is 0.632. The monoisotopic (exact) mass is 424 g/mol. The smallest absolute Gasteiger partial charge is 0.0262 e. The van der Waals surface area contributed by atoms with Crippen LogP contribution in [0.1, 0.15) is 111 Å². The molecular weight excluding hydrogens is 372 g/mol. The van der Waals surface area contributed by atoms with Crippen molar-refractivity contribution < 1.29 is 0 Å². The second-order valence-electron chi connectivity index (χ2n) is 10.1. The molecule has 0 bridgehead atoms. The van der Waals surface area contributed by atoms with Gasteiger partial charge in [0.2, 0.25) is 0 Å². The van der Waals surface area contributed by atoms with E-state index in [9.17, 15) is 0 Å². The fourth-order valence-corrected chi connectivity index (χ4v) is 4.86. The summed E-state index contributed by atoms with van der Waals surface area (Å²) in [4.78, 5) is 0. The quantitative estimate of drug-likeness (QED) is 0.162. The maximum atomic E-state index is 3.93. The van der Waals surface area contributed by atoms with Crippen LogP contribution in [0.4, 0.5) is 0 Å². The molecule has 0 aliphatic rings. The van der Waals surface area contributed by atoms with Crippen LogP contribution in [0.25, 0.3) is 0 Å². The SMILES string of the molecule is C=CC(C)CCC(=CC)CCC(C)C(C)C(CCC)CCCCCCc1ccccc1. The molecule has 1 aromatic rings. The summed E-state index contributed by atoms with van der Waals surface area (Å²) >= 11 is 0. The predicted molar refractivity (Wildman–Crippen MR) is 142 cm³/mol. The third kappa shape index (κ3) is 12.4. The van der Waals surface area contributed by atoms with Crippen LogP contribution in [0.5, 0.6) is 0 Å². The van der Waals surface area contributed by atoms with E-state index < -0.39 is 0 Å². The summed E-state index contributed by atoms with van der Waals surface area (Å²) in [5.41, 5.74) is 3.14. The van der Waals surface area contributed by atoms with Crippen LogP contribution in [-0.2, 0) is 6.42 Å². The van der Waals surface area contributed by atoms with Crippen LogP contribution in [-0.4, -0.2) is 0 Å². The van der Waals surface area contributed by atoms with E-state index in [1.165, 1.54) is 82.6 Å². The van der Waals surface area contributed by atoms with Crippen LogP contribution in [0, 0.1) is 23.7 Å². The zero-order chi connectivity index (χ0) is 22.9. The lowest BCUT2D eigenvalue weighted by Crippen LogP contribution is -2.19. The molecule has 0 spiro atoms. The van der Waals surface area contributed by atoms with Crippen molar-refractivity contribution in [1.82, 2.24) is 0 Å². The average molecular weight is 425 g/mol. The Balaban J connectivity index is 2.32. The maximum Gasteiger partial charge on any atom is -0.0262 e. The molecule has 0 saturated heterocycles. The van der Waals surface area contributed by atoms with E-state index in [-0.39, 0.29) is 0 Å². The summed E-state index contributed by atoms with van der Waals surface area (Å²) in [5.74, 6) is 3.20. The van der Waals surface area contributed by atoms with Gasteiger partial charge in [-0.25, -0.2) is 0 Å². The Morgan fingerprint density at radius 2 is 1.55 bits per heavy atom. The number of aryl methyl sites for hydroxylation is 1. The summed E-state index contributed by atoms with van der Waals surface area (Å²) in [6.07, 6.45) is 20.5. The summed E-state index contributed by atoms with van der Waals surface area (Å²) in [6, 6.07) is 11.0. The second-order valence-corrected chi connectivity index (χ2v) is 10.1. The van der Waals surface area contributed by atoms with Gasteiger partial charge in [-0.15, -0.1) is 6.58 Å². The van der Waals surface area contributed by atoms with Crippen molar-refractivity contribution in [3.8, 4) is 0 Å². The van der Waals surface area contributed by atoms with Gasteiger partial charge in [0.05, 0.1) is 0 Å². The first kappa shape index (κ1) is 27.7. The van der Waals surface area contributed by atoms with Gasteiger partial charge in [0.25, 0.3) is 0 Å². The van der Waals surface area contributed by atoms with E-state index in [2.05, 4.69) is 83.7 Å². The zero-order valence-corrected chi connectivity index (χ0v) is 21.5. The number of rotatable bonds is 18. The van der Waals surface area contributed by atoms with E-state index in [4.69, 9.17) is 0 Å². The normalized spacial score (nSPS) is 16.0. The average Bonchev–Trinajstić information content (AvgIpc) is 2.80. The lowest BCUT2D eigenvalue weighted by atomic mass is 9.76. The molecule has 31 heavy (non-hydrogen) atoms. The molecule has 0 radical (unpaired) electrons. The molecule has 0 N–H and O–H groups in total. The molecule has 0 aromatic heterocycles. The van der Waals surface area contributed by atoms with E-state index in [1.54, 1.807) is 5.57 Å². The lowest BCUT2D eigenvalue weighted by Gasteiger charge is -2.29. The topological polar surface area (TPSA) is 0 Å². The van der Waals surface area contributed by atoms with Gasteiger partial charge in [-0.3, -0.25) is 0 Å². The largest absolute Gasteiger partial charge is 0.103 e. The van der Waals surface area contributed by atoms with E-state index >= 15 is 0 Å². The second kappa shape index (κ2) is 17.3. The molecule has 4 unspecified atom stereocenters. The molecular formula is C31H52. The summed E-state index contributed by atoms with van der Waals surface area (Å²) in [7, 11) is 0. The molecule has 0 heterocycles. The van der Waals surface area contributed by atoms with Gasteiger partial charge < -0.3 is 0 Å². The fourth-order valence-electron chi connectivity index (χ4n) is 4.86. The first-order chi connectivity index (χ1) is 15.0. The Labute approximate surface area is 195 Å². The van der Waals surface area contributed by atoms with Gasteiger partial charge >= 0.3 is 0 Å². The van der Waals surface area contributed by atoms with Crippen molar-refractivity contribution in [2.75, 3.05) is 0 Å². The molecule has 0 saturated carbocycles. The molecule has 0 heteroatoms. The molecule has 4 atom stereocenters. The van der Waals surface area contributed by atoms with Gasteiger partial charge in [-0.2, -0.15) is 0 Å². The zero-order valence-electron chi connectivity index (χ0n) is 21.5. The summed E-state index contributed by atoms with van der Waals surface area (Å²) in [5, 5.41) is 0. The highest BCUT2D eigenvalue weighted by Crippen LogP contribution is 2.33. The van der Waals surface area contributed by atoms with Crippen LogP contribution < -0.4 is 0 Å². The van der Waals surface area contributed by atoms with Crippen molar-refractivity contribution in [3.05, 3.63) is 60.2 Å². The predicted octanol–water partition coefficient (Wildman–Crippen LogP) is 10.2. The molecule has 1 aromatic carbocycles. The van der Waals surface area contributed by atoms with Gasteiger partial charge in [-0.05, 0) is 74.7 Å². The molecule has 0 aliphatic heterocycles. The van der Waals surface area contributed by atoms with Gasteiger partial charge in [0.15, 0.2) is 0 Å². The van der Waals surface area contributed by atoms with Crippen LogP contribution in [0.15, 0.2) is 54.6 Å². The van der Waals surface area contributed by atoms with Crippen LogP contribution >= 0.6 is 0 Å². The van der Waals surface area contributed by atoms with Crippen molar-refractivity contribution in [2.45, 2.75) is 112 Å². The molecule has 0 nitrogen and oxygen atoms in total. The van der Waals surface area contributed by atoms with Crippen molar-refractivity contribution in [3.63, 3.8) is 0 Å². The first-order valence-corrected chi connectivity index (χ1v) is 13.3. The van der Waals surface area contributed by atoms with Gasteiger partial charge in [0.1, 0.15) is 0 Å². The van der Waals surface area contributed by atoms with E-state index in [0.717, 1.165) is 17.8 Å². The highest BCUT2D eigenvalue weighted by Gasteiger charge is 2.22. The summed E-state index contributed by atoms with van der Waals surface area (Å²) < 4.78 is 0. The van der Waals surface area contributed by atoms with Crippen molar-refractivity contribution in [1.29, 1.82) is 0 Å². The number of hydrogen-bond donors (Lipinski definition) is 0. The fraction of sp³-hybridized carbons (Fsp3) is 0.677. The Bertz CT molecular complexity index is 581. The van der Waals surface area contributed by atoms with E-state index in [0.29, 0.717) is 5.92 Å². The summed E-state index contributed by atoms with van der Waals surface area (Å²) in [6.45, 7) is 15.8. The van der Waals surface area contributed by atoms with Crippen molar-refractivity contribution in [2.24, 2.45) is 23.7 Å². The standard InChI is InChI=1S/C31H52/c1-7-17-31(21-16-11-10-13-18-30-19-14-12-15-20-30)28(6)27(5)23-25-29(9-3)24-22-26(4)8-2/h8-9,12,14-15,19-20,26-28,31H,2,7,10-11,13,16-18,21-25H2,1,3-6H3. The number of hydrogen-bond acceptors (Lipinski definition) is 0. The Morgan fingerprint density at radius 3 is 2.19 bits per heavy atom. The lowest BCUT2D eigenvalue weighted by molar-refractivity contribution is 0.219. The van der Waals surface area contributed by atoms with Gasteiger partial charge in [-0.1, -0.05) is 114 Å². The van der Waals surface area contributed by atoms with Gasteiger partial charge in [0, 0.05) is 0 Å². The van der Waals surface area contributed by atoms with Crippen molar-refractivity contribution >= 4 is 0 Å². The highest BCUT2D eigenvalue weighted by molar-refractivity contribution is 5.14. The first-order valence-electron chi connectivity index (χ1n) is 13.3. The minimum absolute atomic E-state index is 0.632. The minimum Gasteiger partial charge on any atom is -0.103 e. The number of allylic oxidation sites excluding steroid dienone is 3. The third-order valence-electron chi connectivity index (χ3n) is 7.59. The van der Waals surface area contributed by atoms with Crippen LogP contribution in [0.3, 0.4) is 0 Å². The molecule has 0 amide bonds. The molecule has 0 fully saturated rings. The Hall–Kier alpha value is -1.30. The third-order valence-corrected chi connectivity index (χ3v) is 7.59. The molecule has 0 aliphatic carbocycles. The maximum absolute atomic E-state index is 3.93. The number of unbranched alkanes of at least 4 members (excludes halogenated alkanes) is 3. The highest BCUT2D eigenvalue weighted by atomic mass is 14.3. The Kier molecular flexibility index (Phi) is 15.5. The number of benzene rings is 1. The Morgan fingerprint density at radius 1 is 0.871 bits per heavy atom. The molecule has 176 valence electrons. The van der Waals surface area contributed by atoms with Crippen LogP contribution in [0.2, 0.25) is 0 Å². The van der Waals surface area contributed by atoms with E-state index in [1.807, 2.05) is 0 Å². The molecule has 1 rings (SSSR count).